The van der Waals surface area contributed by atoms with Gasteiger partial charge in [0.1, 0.15) is 0 Å². The van der Waals surface area contributed by atoms with Crippen LogP contribution in [0.25, 0.3) is 6.08 Å². The summed E-state index contributed by atoms with van der Waals surface area (Å²) in [6, 6.07) is 1.78. The molecule has 0 spiro atoms. The highest BCUT2D eigenvalue weighted by Gasteiger charge is 1.88. The lowest BCUT2D eigenvalue weighted by Gasteiger charge is -1.91. The average molecular weight is 170 g/mol. The Balaban J connectivity index is 2.79. The van der Waals surface area contributed by atoms with Gasteiger partial charge >= 0.3 is 0 Å². The fraction of sp³-hybridized carbons (Fsp3) is 0.125. The summed E-state index contributed by atoms with van der Waals surface area (Å²) in [6.45, 7) is 0.0342. The second kappa shape index (κ2) is 4.11. The van der Waals surface area contributed by atoms with Crippen LogP contribution in [0, 0.1) is 0 Å². The molecule has 0 aliphatic rings. The van der Waals surface area contributed by atoms with Gasteiger partial charge < -0.3 is 5.11 Å². The Kier molecular flexibility index (Phi) is 3.08. The molecule has 0 aromatic carbocycles. The Hall–Kier alpha value is -0.860. The highest BCUT2D eigenvalue weighted by Crippen LogP contribution is 2.09. The van der Waals surface area contributed by atoms with Crippen molar-refractivity contribution >= 4 is 17.7 Å². The molecule has 1 N–H and O–H groups in total. The Morgan fingerprint density at radius 3 is 3.00 bits per heavy atom. The molecule has 0 saturated carbocycles. The van der Waals surface area contributed by atoms with Crippen molar-refractivity contribution in [3.63, 3.8) is 0 Å². The van der Waals surface area contributed by atoms with Gasteiger partial charge in [-0.05, 0) is 11.6 Å². The van der Waals surface area contributed by atoms with E-state index in [9.17, 15) is 0 Å². The predicted molar refractivity (Wildman–Crippen MR) is 45.4 cm³/mol. The summed E-state index contributed by atoms with van der Waals surface area (Å²) in [5.74, 6) is 0. The van der Waals surface area contributed by atoms with Crippen LogP contribution in [0.5, 0.6) is 0 Å². The largest absolute Gasteiger partial charge is 0.392 e. The lowest BCUT2D eigenvalue weighted by molar-refractivity contribution is 0.343. The number of pyridine rings is 1. The molecular formula is C8H8ClNO. The van der Waals surface area contributed by atoms with Crippen LogP contribution < -0.4 is 0 Å². The van der Waals surface area contributed by atoms with E-state index in [1.165, 1.54) is 0 Å². The van der Waals surface area contributed by atoms with Crippen molar-refractivity contribution in [3.05, 3.63) is 35.1 Å². The average Bonchev–Trinajstić information content (AvgIpc) is 2.01. The molecule has 0 amide bonds. The maximum absolute atomic E-state index is 8.46. The highest BCUT2D eigenvalue weighted by atomic mass is 35.5. The zero-order valence-corrected chi connectivity index (χ0v) is 6.62. The molecular weight excluding hydrogens is 162 g/mol. The summed E-state index contributed by atoms with van der Waals surface area (Å²) in [7, 11) is 0. The van der Waals surface area contributed by atoms with Crippen molar-refractivity contribution < 1.29 is 5.11 Å². The molecule has 0 aliphatic heterocycles. The van der Waals surface area contributed by atoms with Gasteiger partial charge in [0.2, 0.25) is 0 Å². The molecule has 1 rings (SSSR count). The van der Waals surface area contributed by atoms with Crippen molar-refractivity contribution in [1.82, 2.24) is 4.98 Å². The van der Waals surface area contributed by atoms with E-state index >= 15 is 0 Å². The van der Waals surface area contributed by atoms with E-state index in [2.05, 4.69) is 4.98 Å². The summed E-state index contributed by atoms with van der Waals surface area (Å²) in [5, 5.41) is 9.06. The number of halogens is 1. The topological polar surface area (TPSA) is 33.1 Å². The Morgan fingerprint density at radius 1 is 1.55 bits per heavy atom. The zero-order valence-electron chi connectivity index (χ0n) is 5.87. The van der Waals surface area contributed by atoms with Gasteiger partial charge in [0, 0.05) is 12.4 Å². The smallest absolute Gasteiger partial charge is 0.0615 e. The molecule has 0 fully saturated rings. The monoisotopic (exact) mass is 169 g/mol. The molecule has 0 atom stereocenters. The zero-order chi connectivity index (χ0) is 8.10. The Labute approximate surface area is 70.2 Å². The second-order valence-corrected chi connectivity index (χ2v) is 2.46. The third kappa shape index (κ3) is 2.70. The van der Waals surface area contributed by atoms with Crippen LogP contribution in [0.1, 0.15) is 5.56 Å². The van der Waals surface area contributed by atoms with Gasteiger partial charge in [0.25, 0.3) is 0 Å². The number of hydrogen-bond donors (Lipinski definition) is 1. The van der Waals surface area contributed by atoms with Gasteiger partial charge in [0.05, 0.1) is 11.6 Å². The maximum Gasteiger partial charge on any atom is 0.0615 e. The van der Waals surface area contributed by atoms with Crippen molar-refractivity contribution in [2.24, 2.45) is 0 Å². The van der Waals surface area contributed by atoms with E-state index < -0.39 is 0 Å². The third-order valence-corrected chi connectivity index (χ3v) is 1.35. The molecule has 0 unspecified atom stereocenters. The first kappa shape index (κ1) is 8.24. The molecule has 0 bridgehead atoms. The summed E-state index contributed by atoms with van der Waals surface area (Å²) >= 11 is 5.66. The van der Waals surface area contributed by atoms with E-state index in [1.807, 2.05) is 0 Å². The van der Waals surface area contributed by atoms with Gasteiger partial charge in [-0.25, -0.2) is 0 Å². The minimum Gasteiger partial charge on any atom is -0.392 e. The van der Waals surface area contributed by atoms with E-state index in [0.29, 0.717) is 5.02 Å². The normalized spacial score (nSPS) is 10.7. The number of nitrogens with zero attached hydrogens (tertiary/aromatic N) is 1. The summed E-state index contributed by atoms with van der Waals surface area (Å²) in [4.78, 5) is 3.87. The molecule has 0 saturated heterocycles. The SMILES string of the molecule is OCC=Cc1cncc(Cl)c1. The summed E-state index contributed by atoms with van der Waals surface area (Å²) in [6.07, 6.45) is 6.64. The molecule has 58 valence electrons. The van der Waals surface area contributed by atoms with Gasteiger partial charge in [-0.2, -0.15) is 0 Å². The minimum absolute atomic E-state index is 0.0342. The Morgan fingerprint density at radius 2 is 2.36 bits per heavy atom. The molecule has 1 aromatic heterocycles. The van der Waals surface area contributed by atoms with Crippen LogP contribution in [0.15, 0.2) is 24.5 Å². The first-order chi connectivity index (χ1) is 5.33. The van der Waals surface area contributed by atoms with Crippen LogP contribution in [0.4, 0.5) is 0 Å². The molecule has 11 heavy (non-hydrogen) atoms. The molecule has 1 heterocycles. The molecule has 3 heteroatoms. The van der Waals surface area contributed by atoms with Crippen LogP contribution in [-0.4, -0.2) is 16.7 Å². The third-order valence-electron chi connectivity index (χ3n) is 1.14. The minimum atomic E-state index is 0.0342. The summed E-state index contributed by atoms with van der Waals surface area (Å²) in [5.41, 5.74) is 0.895. The fourth-order valence-electron chi connectivity index (χ4n) is 0.708. The highest BCUT2D eigenvalue weighted by molar-refractivity contribution is 6.30. The van der Waals surface area contributed by atoms with Gasteiger partial charge in [0.15, 0.2) is 0 Å². The number of rotatable bonds is 2. The first-order valence-electron chi connectivity index (χ1n) is 3.21. The Bertz CT molecular complexity index is 260. The van der Waals surface area contributed by atoms with E-state index in [4.69, 9.17) is 16.7 Å². The van der Waals surface area contributed by atoms with Gasteiger partial charge in [-0.1, -0.05) is 23.8 Å². The van der Waals surface area contributed by atoms with Crippen molar-refractivity contribution in [3.8, 4) is 0 Å². The lowest BCUT2D eigenvalue weighted by Crippen LogP contribution is -1.77. The lowest BCUT2D eigenvalue weighted by atomic mass is 10.3. The van der Waals surface area contributed by atoms with E-state index in [0.717, 1.165) is 5.56 Å². The van der Waals surface area contributed by atoms with Crippen molar-refractivity contribution in [1.29, 1.82) is 0 Å². The van der Waals surface area contributed by atoms with Crippen LogP contribution >= 0.6 is 11.6 Å². The number of hydrogen-bond acceptors (Lipinski definition) is 2. The van der Waals surface area contributed by atoms with Crippen LogP contribution in [-0.2, 0) is 0 Å². The van der Waals surface area contributed by atoms with E-state index in [1.54, 1.807) is 30.6 Å². The van der Waals surface area contributed by atoms with Crippen molar-refractivity contribution in [2.45, 2.75) is 0 Å². The molecule has 0 radical (unpaired) electrons. The standard InChI is InChI=1S/C8H8ClNO/c9-8-4-7(2-1-3-11)5-10-6-8/h1-2,4-6,11H,3H2. The van der Waals surface area contributed by atoms with Crippen molar-refractivity contribution in [2.75, 3.05) is 6.61 Å². The number of aromatic nitrogens is 1. The van der Waals surface area contributed by atoms with Crippen LogP contribution in [0.2, 0.25) is 5.02 Å². The molecule has 0 aliphatic carbocycles. The number of aliphatic hydroxyl groups is 1. The molecule has 2 nitrogen and oxygen atoms in total. The van der Waals surface area contributed by atoms with E-state index in [-0.39, 0.29) is 6.61 Å². The first-order valence-corrected chi connectivity index (χ1v) is 3.58. The summed E-state index contributed by atoms with van der Waals surface area (Å²) < 4.78 is 0. The van der Waals surface area contributed by atoms with Gasteiger partial charge in [-0.3, -0.25) is 4.98 Å². The quantitative estimate of drug-likeness (QED) is 0.732. The predicted octanol–water partition coefficient (Wildman–Crippen LogP) is 1.74. The second-order valence-electron chi connectivity index (χ2n) is 2.02. The van der Waals surface area contributed by atoms with Crippen LogP contribution in [0.3, 0.4) is 0 Å². The number of aliphatic hydroxyl groups excluding tert-OH is 1. The van der Waals surface area contributed by atoms with Gasteiger partial charge in [-0.15, -0.1) is 0 Å². The molecule has 1 aromatic rings. The fourth-order valence-corrected chi connectivity index (χ4v) is 0.891. The maximum atomic E-state index is 8.46.